The van der Waals surface area contributed by atoms with Crippen LogP contribution in [0.1, 0.15) is 29.2 Å². The van der Waals surface area contributed by atoms with Crippen molar-refractivity contribution < 1.29 is 9.18 Å². The first-order valence-corrected chi connectivity index (χ1v) is 10.9. The molecule has 0 saturated carbocycles. The molecule has 1 atom stereocenters. The second-order valence-electron chi connectivity index (χ2n) is 8.23. The number of nitrogens with one attached hydrogen (secondary N) is 2. The molecule has 1 aliphatic rings. The first-order chi connectivity index (χ1) is 16.1. The van der Waals surface area contributed by atoms with Gasteiger partial charge in [-0.15, -0.1) is 0 Å². The van der Waals surface area contributed by atoms with Crippen molar-refractivity contribution in [3.8, 4) is 16.9 Å². The van der Waals surface area contributed by atoms with Crippen LogP contribution >= 0.6 is 0 Å². The minimum Gasteiger partial charge on any atom is -0.337 e. The van der Waals surface area contributed by atoms with Gasteiger partial charge in [-0.05, 0) is 37.0 Å². The smallest absolute Gasteiger partial charge is 0.337 e. The van der Waals surface area contributed by atoms with Gasteiger partial charge in [-0.25, -0.2) is 18.9 Å². The van der Waals surface area contributed by atoms with Gasteiger partial charge < -0.3 is 4.90 Å². The van der Waals surface area contributed by atoms with Crippen molar-refractivity contribution in [3.63, 3.8) is 0 Å². The van der Waals surface area contributed by atoms with Gasteiger partial charge in [-0.2, -0.15) is 10.2 Å². The molecule has 2 N–H and O–H groups in total. The lowest BCUT2D eigenvalue weighted by Crippen LogP contribution is -2.41. The van der Waals surface area contributed by atoms with Gasteiger partial charge >= 0.3 is 5.69 Å². The molecule has 0 radical (unpaired) electrons. The summed E-state index contributed by atoms with van der Waals surface area (Å²) in [5, 5.41) is 13.7. The van der Waals surface area contributed by atoms with Crippen LogP contribution in [0.3, 0.4) is 0 Å². The molecule has 3 heterocycles. The summed E-state index contributed by atoms with van der Waals surface area (Å²) in [7, 11) is 0. The van der Waals surface area contributed by atoms with Gasteiger partial charge in [0.1, 0.15) is 17.3 Å². The molecule has 0 aliphatic carbocycles. The number of halogens is 1. The van der Waals surface area contributed by atoms with Crippen molar-refractivity contribution in [2.45, 2.75) is 19.3 Å². The summed E-state index contributed by atoms with van der Waals surface area (Å²) < 4.78 is 15.6. The number of benzene rings is 2. The molecule has 168 valence electrons. The molecule has 1 unspecified atom stereocenters. The third-order valence-corrected chi connectivity index (χ3v) is 5.99. The summed E-state index contributed by atoms with van der Waals surface area (Å²) in [6.07, 6.45) is 2.18. The molecule has 8 nitrogen and oxygen atoms in total. The number of H-pyrrole nitrogens is 2. The SMILES string of the molecule is O=C(c1cc(-c2ccccc2)n[nH]1)N1CCCC(Cc2n[nH]c(=O)n2-c2ccccc2F)C1. The highest BCUT2D eigenvalue weighted by Crippen LogP contribution is 2.24. The van der Waals surface area contributed by atoms with E-state index in [0.29, 0.717) is 31.0 Å². The molecule has 1 saturated heterocycles. The topological polar surface area (TPSA) is 99.7 Å². The van der Waals surface area contributed by atoms with Crippen molar-refractivity contribution in [2.75, 3.05) is 13.1 Å². The predicted molar refractivity (Wildman–Crippen MR) is 120 cm³/mol. The summed E-state index contributed by atoms with van der Waals surface area (Å²) in [6.45, 7) is 1.17. The average molecular weight is 446 g/mol. The quantitative estimate of drug-likeness (QED) is 0.492. The summed E-state index contributed by atoms with van der Waals surface area (Å²) in [4.78, 5) is 27.2. The lowest BCUT2D eigenvalue weighted by molar-refractivity contribution is 0.0666. The van der Waals surface area contributed by atoms with Crippen LogP contribution in [0.2, 0.25) is 0 Å². The Kier molecular flexibility index (Phi) is 5.60. The normalized spacial score (nSPS) is 16.2. The van der Waals surface area contributed by atoms with Crippen LogP contribution < -0.4 is 5.69 Å². The maximum atomic E-state index is 14.3. The Morgan fingerprint density at radius 1 is 1.06 bits per heavy atom. The molecular weight excluding hydrogens is 423 g/mol. The fourth-order valence-corrected chi connectivity index (χ4v) is 4.38. The van der Waals surface area contributed by atoms with Crippen molar-refractivity contribution in [3.05, 3.63) is 88.5 Å². The van der Waals surface area contributed by atoms with E-state index in [4.69, 9.17) is 0 Å². The lowest BCUT2D eigenvalue weighted by Gasteiger charge is -2.32. The highest BCUT2D eigenvalue weighted by molar-refractivity contribution is 5.93. The fourth-order valence-electron chi connectivity index (χ4n) is 4.38. The predicted octanol–water partition coefficient (Wildman–Crippen LogP) is 3.18. The zero-order chi connectivity index (χ0) is 22.8. The number of piperidine rings is 1. The number of aromatic amines is 2. The lowest BCUT2D eigenvalue weighted by atomic mass is 9.94. The van der Waals surface area contributed by atoms with E-state index in [-0.39, 0.29) is 17.5 Å². The molecule has 0 bridgehead atoms. The molecule has 5 rings (SSSR count). The average Bonchev–Trinajstić information content (AvgIpc) is 3.47. The molecule has 1 fully saturated rings. The van der Waals surface area contributed by atoms with E-state index < -0.39 is 11.5 Å². The summed E-state index contributed by atoms with van der Waals surface area (Å²) in [5.74, 6) is -0.0451. The largest absolute Gasteiger partial charge is 0.348 e. The molecule has 0 spiro atoms. The molecule has 2 aromatic heterocycles. The zero-order valence-corrected chi connectivity index (χ0v) is 17.9. The van der Waals surface area contributed by atoms with Gasteiger partial charge in [0.2, 0.25) is 0 Å². The van der Waals surface area contributed by atoms with Crippen molar-refractivity contribution in [1.82, 2.24) is 29.9 Å². The Hall–Kier alpha value is -4.01. The van der Waals surface area contributed by atoms with Crippen LogP contribution in [-0.2, 0) is 6.42 Å². The van der Waals surface area contributed by atoms with E-state index in [9.17, 15) is 14.0 Å². The number of likely N-dealkylation sites (tertiary alicyclic amines) is 1. The zero-order valence-electron chi connectivity index (χ0n) is 17.9. The van der Waals surface area contributed by atoms with Crippen molar-refractivity contribution >= 4 is 5.91 Å². The van der Waals surface area contributed by atoms with Gasteiger partial charge in [0, 0.05) is 25.1 Å². The van der Waals surface area contributed by atoms with E-state index in [1.54, 1.807) is 29.2 Å². The van der Waals surface area contributed by atoms with Crippen molar-refractivity contribution in [1.29, 1.82) is 0 Å². The number of nitrogens with zero attached hydrogens (tertiary/aromatic N) is 4. The molecule has 33 heavy (non-hydrogen) atoms. The van der Waals surface area contributed by atoms with Crippen molar-refractivity contribution in [2.24, 2.45) is 5.92 Å². The maximum absolute atomic E-state index is 14.3. The number of carbonyl (C=O) groups is 1. The molecule has 9 heteroatoms. The van der Waals surface area contributed by atoms with Gasteiger partial charge in [0.15, 0.2) is 0 Å². The Morgan fingerprint density at radius 2 is 1.85 bits per heavy atom. The van der Waals surface area contributed by atoms with Gasteiger partial charge in [0.25, 0.3) is 5.91 Å². The van der Waals surface area contributed by atoms with Gasteiger partial charge in [0.05, 0.1) is 11.4 Å². The van der Waals surface area contributed by atoms with E-state index in [1.165, 1.54) is 10.6 Å². The Bertz CT molecular complexity index is 1330. The maximum Gasteiger partial charge on any atom is 0.348 e. The number of rotatable bonds is 5. The second-order valence-corrected chi connectivity index (χ2v) is 8.23. The third kappa shape index (κ3) is 4.21. The second kappa shape index (κ2) is 8.85. The third-order valence-electron chi connectivity index (χ3n) is 5.99. The standard InChI is InChI=1S/C24H23FN6O2/c25-18-10-4-5-11-21(18)31-22(28-29-24(31)33)13-16-7-6-12-30(15-16)23(32)20-14-19(26-27-20)17-8-2-1-3-9-17/h1-5,8-11,14,16H,6-7,12-13,15H2,(H,26,27)(H,29,33). The van der Waals surface area contributed by atoms with Gasteiger partial charge in [-0.1, -0.05) is 42.5 Å². The van der Waals surface area contributed by atoms with E-state index in [2.05, 4.69) is 20.4 Å². The van der Waals surface area contributed by atoms with E-state index >= 15 is 0 Å². The summed E-state index contributed by atoms with van der Waals surface area (Å²) in [6, 6.07) is 17.6. The molecule has 1 aliphatic heterocycles. The Balaban J connectivity index is 1.32. The molecule has 2 aromatic carbocycles. The fraction of sp³-hybridized carbons (Fsp3) is 0.250. The summed E-state index contributed by atoms with van der Waals surface area (Å²) in [5.41, 5.74) is 1.79. The Labute approximate surface area is 189 Å². The highest BCUT2D eigenvalue weighted by Gasteiger charge is 2.27. The molecule has 4 aromatic rings. The van der Waals surface area contributed by atoms with Gasteiger partial charge in [-0.3, -0.25) is 9.89 Å². The minimum absolute atomic E-state index is 0.0972. The highest BCUT2D eigenvalue weighted by atomic mass is 19.1. The minimum atomic E-state index is -0.490. The van der Waals surface area contributed by atoms with E-state index in [0.717, 1.165) is 24.1 Å². The number of amides is 1. The van der Waals surface area contributed by atoms with Crippen LogP contribution in [0.4, 0.5) is 4.39 Å². The number of hydrogen-bond donors (Lipinski definition) is 2. The first kappa shape index (κ1) is 20.9. The monoisotopic (exact) mass is 446 g/mol. The van der Waals surface area contributed by atoms with Crippen LogP contribution in [0.25, 0.3) is 16.9 Å². The number of hydrogen-bond acceptors (Lipinski definition) is 4. The Morgan fingerprint density at radius 3 is 2.67 bits per heavy atom. The molecular formula is C24H23FN6O2. The number of para-hydroxylation sites is 1. The van der Waals surface area contributed by atoms with Crippen LogP contribution in [0, 0.1) is 11.7 Å². The first-order valence-electron chi connectivity index (χ1n) is 10.9. The number of carbonyl (C=O) groups excluding carboxylic acids is 1. The number of aromatic nitrogens is 5. The molecule has 1 amide bonds. The van der Waals surface area contributed by atoms with Crippen LogP contribution in [-0.4, -0.2) is 48.9 Å². The van der Waals surface area contributed by atoms with Crippen LogP contribution in [0.15, 0.2) is 65.5 Å². The summed E-state index contributed by atoms with van der Waals surface area (Å²) >= 11 is 0. The van der Waals surface area contributed by atoms with Crippen LogP contribution in [0.5, 0.6) is 0 Å². The van der Waals surface area contributed by atoms with E-state index in [1.807, 2.05) is 30.3 Å².